The van der Waals surface area contributed by atoms with Crippen LogP contribution < -0.4 is 14.8 Å². The molecule has 2 bridgehead atoms. The van der Waals surface area contributed by atoms with Gasteiger partial charge in [0.05, 0.1) is 42.8 Å². The molecule has 2 fully saturated rings. The van der Waals surface area contributed by atoms with Crippen molar-refractivity contribution in [2.75, 3.05) is 14.2 Å². The lowest BCUT2D eigenvalue weighted by molar-refractivity contribution is -0.159. The molecular weight excluding hydrogens is 584 g/mol. The van der Waals surface area contributed by atoms with Gasteiger partial charge in [-0.1, -0.05) is 54.6 Å². The number of rotatable bonds is 9. The Morgan fingerprint density at radius 2 is 1.72 bits per heavy atom. The molecule has 0 unspecified atom stereocenters. The van der Waals surface area contributed by atoms with Crippen molar-refractivity contribution in [2.45, 2.75) is 57.8 Å². The fourth-order valence-electron chi connectivity index (χ4n) is 7.26. The van der Waals surface area contributed by atoms with Crippen LogP contribution in [-0.4, -0.2) is 44.2 Å². The molecule has 1 amide bonds. The van der Waals surface area contributed by atoms with Gasteiger partial charge in [-0.05, 0) is 73.3 Å². The predicted octanol–water partition coefficient (Wildman–Crippen LogP) is 5.88. The third kappa shape index (κ3) is 5.92. The van der Waals surface area contributed by atoms with Crippen LogP contribution in [0.25, 0.3) is 10.8 Å². The van der Waals surface area contributed by atoms with E-state index in [2.05, 4.69) is 11.4 Å². The molecule has 2 saturated carbocycles. The van der Waals surface area contributed by atoms with E-state index in [0.717, 1.165) is 22.8 Å². The molecular formula is C37H38N2O7. The quantitative estimate of drug-likeness (QED) is 0.232. The zero-order valence-electron chi connectivity index (χ0n) is 26.3. The van der Waals surface area contributed by atoms with E-state index in [-0.39, 0.29) is 59.1 Å². The first kappa shape index (κ1) is 31.2. The van der Waals surface area contributed by atoms with Gasteiger partial charge in [-0.2, -0.15) is 5.26 Å². The highest BCUT2D eigenvalue weighted by molar-refractivity contribution is 5.98. The Labute approximate surface area is 268 Å². The van der Waals surface area contributed by atoms with E-state index in [0.29, 0.717) is 25.7 Å². The van der Waals surface area contributed by atoms with Gasteiger partial charge in [-0.3, -0.25) is 14.4 Å². The number of ether oxygens (including phenoxy) is 4. The van der Waals surface area contributed by atoms with Crippen LogP contribution in [0.3, 0.4) is 0 Å². The molecule has 0 saturated heterocycles. The van der Waals surface area contributed by atoms with Gasteiger partial charge in [-0.25, -0.2) is 0 Å². The number of esters is 2. The molecule has 1 N–H and O–H groups in total. The lowest BCUT2D eigenvalue weighted by atomic mass is 9.74. The second-order valence-corrected chi connectivity index (χ2v) is 12.7. The Kier molecular flexibility index (Phi) is 8.72. The first-order valence-electron chi connectivity index (χ1n) is 15.7. The van der Waals surface area contributed by atoms with Gasteiger partial charge in [0.15, 0.2) is 0 Å². The van der Waals surface area contributed by atoms with Crippen LogP contribution in [-0.2, 0) is 25.7 Å². The van der Waals surface area contributed by atoms with E-state index in [1.54, 1.807) is 0 Å². The van der Waals surface area contributed by atoms with Gasteiger partial charge >= 0.3 is 11.9 Å². The minimum absolute atomic E-state index is 0.0250. The third-order valence-electron chi connectivity index (χ3n) is 9.96. The molecule has 4 atom stereocenters. The molecule has 6 rings (SSSR count). The molecule has 9 heteroatoms. The molecule has 3 aliphatic rings. The van der Waals surface area contributed by atoms with Gasteiger partial charge in [-0.15, -0.1) is 0 Å². The maximum absolute atomic E-state index is 13.6. The SMILES string of the molecule is COC(=O)[C@@H]1[C@H](NC(=O)c2cc(OC3CCC(C)(C(=O)OCc4cccc5ccccc45)CC3)c(C#N)cc2OC)[C@@H]2C=C[C@@H]1C2. The summed E-state index contributed by atoms with van der Waals surface area (Å²) in [6.45, 7) is 2.13. The van der Waals surface area contributed by atoms with Crippen molar-refractivity contribution in [1.29, 1.82) is 5.26 Å². The zero-order valence-corrected chi connectivity index (χ0v) is 26.3. The van der Waals surface area contributed by atoms with E-state index in [1.807, 2.05) is 61.5 Å². The Balaban J connectivity index is 1.11. The van der Waals surface area contributed by atoms with Crippen LogP contribution in [0, 0.1) is 34.5 Å². The average molecular weight is 623 g/mol. The molecule has 0 aromatic heterocycles. The fourth-order valence-corrected chi connectivity index (χ4v) is 7.26. The smallest absolute Gasteiger partial charge is 0.312 e. The molecule has 0 radical (unpaired) electrons. The van der Waals surface area contributed by atoms with Crippen molar-refractivity contribution in [2.24, 2.45) is 23.2 Å². The lowest BCUT2D eigenvalue weighted by Crippen LogP contribution is -2.46. The summed E-state index contributed by atoms with van der Waals surface area (Å²) in [7, 11) is 2.79. The molecule has 0 heterocycles. The van der Waals surface area contributed by atoms with Gasteiger partial charge in [0.1, 0.15) is 24.2 Å². The van der Waals surface area contributed by atoms with Crippen molar-refractivity contribution in [1.82, 2.24) is 5.32 Å². The fraction of sp³-hybridized carbons (Fsp3) is 0.405. The van der Waals surface area contributed by atoms with Crippen molar-refractivity contribution >= 4 is 28.6 Å². The molecule has 46 heavy (non-hydrogen) atoms. The second kappa shape index (κ2) is 12.9. The molecule has 3 aliphatic carbocycles. The highest BCUT2D eigenvalue weighted by Gasteiger charge is 2.49. The number of hydrogen-bond acceptors (Lipinski definition) is 8. The van der Waals surface area contributed by atoms with Crippen molar-refractivity contribution in [3.63, 3.8) is 0 Å². The normalized spacial score (nSPS) is 26.3. The highest BCUT2D eigenvalue weighted by Crippen LogP contribution is 2.45. The minimum atomic E-state index is -0.654. The minimum Gasteiger partial charge on any atom is -0.496 e. The number of carbonyl (C=O) groups is 3. The Morgan fingerprint density at radius 1 is 0.978 bits per heavy atom. The molecule has 238 valence electrons. The van der Waals surface area contributed by atoms with Gasteiger partial charge in [0, 0.05) is 12.1 Å². The summed E-state index contributed by atoms with van der Waals surface area (Å²) in [6, 6.07) is 18.8. The number of nitrogens with one attached hydrogen (secondary N) is 1. The van der Waals surface area contributed by atoms with Crippen LogP contribution in [0.2, 0.25) is 0 Å². The van der Waals surface area contributed by atoms with Crippen LogP contribution in [0.4, 0.5) is 0 Å². The largest absolute Gasteiger partial charge is 0.496 e. The Bertz CT molecular complexity index is 1730. The number of carbonyl (C=O) groups excluding carboxylic acids is 3. The number of hydrogen-bond donors (Lipinski definition) is 1. The summed E-state index contributed by atoms with van der Waals surface area (Å²) < 4.78 is 22.7. The number of methoxy groups -OCH3 is 2. The molecule has 3 aromatic rings. The summed E-state index contributed by atoms with van der Waals surface area (Å²) in [4.78, 5) is 39.4. The van der Waals surface area contributed by atoms with Crippen LogP contribution in [0.5, 0.6) is 11.5 Å². The van der Waals surface area contributed by atoms with Gasteiger partial charge < -0.3 is 24.3 Å². The first-order valence-corrected chi connectivity index (χ1v) is 15.7. The number of allylic oxidation sites excluding steroid dienone is 1. The number of nitrogens with zero attached hydrogens (tertiary/aromatic N) is 1. The summed E-state index contributed by atoms with van der Waals surface area (Å²) in [5, 5.41) is 15.1. The Hall–Kier alpha value is -4.84. The summed E-state index contributed by atoms with van der Waals surface area (Å²) in [6.07, 6.45) is 6.86. The summed E-state index contributed by atoms with van der Waals surface area (Å²) >= 11 is 0. The Morgan fingerprint density at radius 3 is 2.46 bits per heavy atom. The number of amides is 1. The number of benzene rings is 3. The van der Waals surface area contributed by atoms with Crippen molar-refractivity contribution in [3.05, 3.63) is 83.4 Å². The summed E-state index contributed by atoms with van der Waals surface area (Å²) in [5.74, 6) is -0.890. The maximum atomic E-state index is 13.6. The standard InChI is InChI=1S/C37H38N2O7/c1-37(36(42)45-21-25-9-6-8-22-7-4-5-10-28(22)25)15-13-27(14-16-37)46-30-19-29(31(43-2)18-26(30)20-38)34(40)39-33-24-12-11-23(17-24)32(33)35(41)44-3/h4-12,18-19,23-24,27,32-33H,13-17,21H2,1-3H3,(H,39,40)/t23-,24-,27?,32+,33-,37?/m1/s1. The average Bonchev–Trinajstić information content (AvgIpc) is 3.70. The summed E-state index contributed by atoms with van der Waals surface area (Å²) in [5.41, 5.74) is 0.767. The zero-order chi connectivity index (χ0) is 32.4. The van der Waals surface area contributed by atoms with E-state index in [4.69, 9.17) is 18.9 Å². The molecule has 9 nitrogen and oxygen atoms in total. The highest BCUT2D eigenvalue weighted by atomic mass is 16.5. The third-order valence-corrected chi connectivity index (χ3v) is 9.96. The maximum Gasteiger partial charge on any atom is 0.312 e. The van der Waals surface area contributed by atoms with E-state index < -0.39 is 23.3 Å². The number of fused-ring (bicyclic) bond motifs is 3. The first-order chi connectivity index (χ1) is 22.2. The molecule has 3 aromatic carbocycles. The van der Waals surface area contributed by atoms with E-state index >= 15 is 0 Å². The van der Waals surface area contributed by atoms with E-state index in [9.17, 15) is 19.6 Å². The van der Waals surface area contributed by atoms with E-state index in [1.165, 1.54) is 26.4 Å². The predicted molar refractivity (Wildman–Crippen MR) is 170 cm³/mol. The second-order valence-electron chi connectivity index (χ2n) is 12.7. The van der Waals surface area contributed by atoms with Crippen LogP contribution >= 0.6 is 0 Å². The van der Waals surface area contributed by atoms with Crippen molar-refractivity contribution in [3.8, 4) is 17.6 Å². The van der Waals surface area contributed by atoms with Crippen LogP contribution in [0.15, 0.2) is 66.7 Å². The monoisotopic (exact) mass is 622 g/mol. The molecule has 0 spiro atoms. The van der Waals surface area contributed by atoms with Crippen LogP contribution in [0.1, 0.15) is 60.5 Å². The lowest BCUT2D eigenvalue weighted by Gasteiger charge is -2.35. The molecule has 0 aliphatic heterocycles. The van der Waals surface area contributed by atoms with Gasteiger partial charge in [0.25, 0.3) is 5.91 Å². The number of nitriles is 1. The topological polar surface area (TPSA) is 124 Å². The van der Waals surface area contributed by atoms with Gasteiger partial charge in [0.2, 0.25) is 0 Å². The van der Waals surface area contributed by atoms with Crippen molar-refractivity contribution < 1.29 is 33.3 Å².